The maximum Gasteiger partial charge on any atom is 0.442 e. The molecule has 5 heteroatoms. The number of rotatable bonds is 1. The summed E-state index contributed by atoms with van der Waals surface area (Å²) in [6, 6.07) is 0. The first-order chi connectivity index (χ1) is 3.98. The van der Waals surface area contributed by atoms with Crippen molar-refractivity contribution in [1.29, 1.82) is 0 Å². The van der Waals surface area contributed by atoms with Gasteiger partial charge in [-0.2, -0.15) is 13.2 Å². The van der Waals surface area contributed by atoms with Crippen LogP contribution in [0.25, 0.3) is 0 Å². The van der Waals surface area contributed by atoms with Crippen molar-refractivity contribution >= 4 is 0 Å². The Morgan fingerprint density at radius 1 is 1.33 bits per heavy atom. The Morgan fingerprint density at radius 3 is 1.89 bits per heavy atom. The molecule has 0 radical (unpaired) electrons. The minimum Gasteiger partial charge on any atom is -0.246 e. The molecule has 0 aliphatic heterocycles. The smallest absolute Gasteiger partial charge is 0.246 e. The Morgan fingerprint density at radius 2 is 1.78 bits per heavy atom. The van der Waals surface area contributed by atoms with Gasteiger partial charge in [-0.05, 0) is 6.08 Å². The van der Waals surface area contributed by atoms with E-state index in [1.807, 2.05) is 0 Å². The predicted octanol–water partition coefficient (Wildman–Crippen LogP) is 2.37. The van der Waals surface area contributed by atoms with Gasteiger partial charge in [0.1, 0.15) is 6.67 Å². The highest BCUT2D eigenvalue weighted by Crippen LogP contribution is 2.25. The molecule has 0 unspecified atom stereocenters. The zero-order chi connectivity index (χ0) is 7.49. The van der Waals surface area contributed by atoms with Crippen LogP contribution in [0.5, 0.6) is 0 Å². The molecular formula is C4H3F5. The van der Waals surface area contributed by atoms with Crippen LogP contribution in [0.15, 0.2) is 11.9 Å². The molecule has 0 atom stereocenters. The summed E-state index contributed by atoms with van der Waals surface area (Å²) in [5.74, 6) is -2.38. The normalized spacial score (nSPS) is 14.1. The summed E-state index contributed by atoms with van der Waals surface area (Å²) in [6.07, 6.45) is -5.20. The van der Waals surface area contributed by atoms with Gasteiger partial charge in [0.15, 0.2) is 0 Å². The molecule has 0 aliphatic carbocycles. The van der Waals surface area contributed by atoms with Crippen molar-refractivity contribution in [2.24, 2.45) is 0 Å². The van der Waals surface area contributed by atoms with Gasteiger partial charge in [-0.1, -0.05) is 0 Å². The van der Waals surface area contributed by atoms with Gasteiger partial charge < -0.3 is 0 Å². The van der Waals surface area contributed by atoms with Crippen LogP contribution >= 0.6 is 0 Å². The summed E-state index contributed by atoms with van der Waals surface area (Å²) in [5, 5.41) is 0. The lowest BCUT2D eigenvalue weighted by molar-refractivity contribution is -0.109. The molecule has 0 rings (SSSR count). The summed E-state index contributed by atoms with van der Waals surface area (Å²) in [7, 11) is 0. The molecule has 0 spiro atoms. The van der Waals surface area contributed by atoms with Crippen molar-refractivity contribution in [2.45, 2.75) is 6.18 Å². The highest BCUT2D eigenvalue weighted by molar-refractivity contribution is 4.98. The average Bonchev–Trinajstić information content (AvgIpc) is 1.64. The van der Waals surface area contributed by atoms with E-state index in [4.69, 9.17) is 0 Å². The third kappa shape index (κ3) is 3.05. The van der Waals surface area contributed by atoms with E-state index in [0.29, 0.717) is 0 Å². The molecule has 0 aliphatic rings. The van der Waals surface area contributed by atoms with Crippen molar-refractivity contribution in [1.82, 2.24) is 0 Å². The Balaban J connectivity index is 4.03. The Labute approximate surface area is 48.0 Å². The van der Waals surface area contributed by atoms with E-state index < -0.39 is 18.7 Å². The SMILES string of the molecule is FCC=C(F)C(F)(F)F. The molecular weight excluding hydrogens is 143 g/mol. The quantitative estimate of drug-likeness (QED) is 0.498. The fourth-order valence-electron chi connectivity index (χ4n) is 0.183. The molecule has 9 heavy (non-hydrogen) atoms. The minimum absolute atomic E-state index is 0.167. The van der Waals surface area contributed by atoms with Crippen molar-refractivity contribution in [2.75, 3.05) is 6.67 Å². The van der Waals surface area contributed by atoms with Crippen molar-refractivity contribution in [3.8, 4) is 0 Å². The Kier molecular flexibility index (Phi) is 2.61. The standard InChI is InChI=1S/C4H3F5/c5-2-1-3(6)4(7,8)9/h1H,2H2. The average molecular weight is 146 g/mol. The topological polar surface area (TPSA) is 0 Å². The van der Waals surface area contributed by atoms with Gasteiger partial charge >= 0.3 is 6.18 Å². The van der Waals surface area contributed by atoms with Crippen LogP contribution in [0.4, 0.5) is 22.0 Å². The van der Waals surface area contributed by atoms with Crippen LogP contribution < -0.4 is 0 Å². The lowest BCUT2D eigenvalue weighted by Crippen LogP contribution is -2.07. The van der Waals surface area contributed by atoms with Crippen molar-refractivity contribution in [3.63, 3.8) is 0 Å². The largest absolute Gasteiger partial charge is 0.442 e. The van der Waals surface area contributed by atoms with E-state index in [-0.39, 0.29) is 6.08 Å². The van der Waals surface area contributed by atoms with Crippen LogP contribution in [0, 0.1) is 0 Å². The van der Waals surface area contributed by atoms with Gasteiger partial charge in [-0.3, -0.25) is 0 Å². The van der Waals surface area contributed by atoms with Gasteiger partial charge in [0.05, 0.1) is 0 Å². The zero-order valence-corrected chi connectivity index (χ0v) is 4.17. The molecule has 0 aromatic heterocycles. The molecule has 54 valence electrons. The summed E-state index contributed by atoms with van der Waals surface area (Å²) in [4.78, 5) is 0. The molecule has 0 N–H and O–H groups in total. The van der Waals surface area contributed by atoms with E-state index in [2.05, 4.69) is 0 Å². The molecule has 0 aromatic carbocycles. The van der Waals surface area contributed by atoms with E-state index in [1.165, 1.54) is 0 Å². The number of hydrogen-bond acceptors (Lipinski definition) is 0. The Bertz CT molecular complexity index is 111. The van der Waals surface area contributed by atoms with Gasteiger partial charge in [0, 0.05) is 0 Å². The summed E-state index contributed by atoms with van der Waals surface area (Å²) in [6.45, 7) is -1.44. The number of allylic oxidation sites excluding steroid dienone is 2. The second-order valence-corrected chi connectivity index (χ2v) is 1.20. The number of alkyl halides is 4. The lowest BCUT2D eigenvalue weighted by atomic mass is 10.5. The summed E-state index contributed by atoms with van der Waals surface area (Å²) >= 11 is 0. The van der Waals surface area contributed by atoms with E-state index in [0.717, 1.165) is 0 Å². The van der Waals surface area contributed by atoms with Crippen molar-refractivity contribution in [3.05, 3.63) is 11.9 Å². The van der Waals surface area contributed by atoms with Crippen LogP contribution in [0.1, 0.15) is 0 Å². The lowest BCUT2D eigenvalue weighted by Gasteiger charge is -1.99. The van der Waals surface area contributed by atoms with Crippen molar-refractivity contribution < 1.29 is 22.0 Å². The third-order valence-corrected chi connectivity index (χ3v) is 0.527. The van der Waals surface area contributed by atoms with Gasteiger partial charge in [-0.25, -0.2) is 8.78 Å². The zero-order valence-electron chi connectivity index (χ0n) is 4.17. The maximum absolute atomic E-state index is 11.4. The highest BCUT2D eigenvalue weighted by Gasteiger charge is 2.33. The third-order valence-electron chi connectivity index (χ3n) is 0.527. The number of hydrogen-bond donors (Lipinski definition) is 0. The number of halogens is 5. The first kappa shape index (κ1) is 8.39. The molecule has 0 bridgehead atoms. The van der Waals surface area contributed by atoms with Gasteiger partial charge in [-0.15, -0.1) is 0 Å². The fourth-order valence-corrected chi connectivity index (χ4v) is 0.183. The molecule has 0 nitrogen and oxygen atoms in total. The summed E-state index contributed by atoms with van der Waals surface area (Å²) < 4.78 is 55.4. The van der Waals surface area contributed by atoms with Gasteiger partial charge in [0.25, 0.3) is 0 Å². The van der Waals surface area contributed by atoms with Gasteiger partial charge in [0.2, 0.25) is 5.83 Å². The molecule has 0 amide bonds. The van der Waals surface area contributed by atoms with Crippen LogP contribution in [0.3, 0.4) is 0 Å². The monoisotopic (exact) mass is 146 g/mol. The molecule has 0 saturated carbocycles. The van der Waals surface area contributed by atoms with Crippen LogP contribution in [-0.4, -0.2) is 12.9 Å². The maximum atomic E-state index is 11.4. The molecule has 0 saturated heterocycles. The molecule has 0 heterocycles. The summed E-state index contributed by atoms with van der Waals surface area (Å²) in [5.41, 5.74) is 0. The second-order valence-electron chi connectivity index (χ2n) is 1.20. The highest BCUT2D eigenvalue weighted by atomic mass is 19.4. The Hall–Kier alpha value is -0.610. The van der Waals surface area contributed by atoms with Crippen LogP contribution in [-0.2, 0) is 0 Å². The van der Waals surface area contributed by atoms with E-state index >= 15 is 0 Å². The van der Waals surface area contributed by atoms with Crippen LogP contribution in [0.2, 0.25) is 0 Å². The molecule has 0 aromatic rings. The second kappa shape index (κ2) is 2.80. The van der Waals surface area contributed by atoms with E-state index in [1.54, 1.807) is 0 Å². The van der Waals surface area contributed by atoms with E-state index in [9.17, 15) is 22.0 Å². The first-order valence-corrected chi connectivity index (χ1v) is 1.97. The minimum atomic E-state index is -5.04. The predicted molar refractivity (Wildman–Crippen MR) is 21.2 cm³/mol. The molecule has 0 fully saturated rings. The first-order valence-electron chi connectivity index (χ1n) is 1.97. The fraction of sp³-hybridized carbons (Fsp3) is 0.500.